The topological polar surface area (TPSA) is 96.1 Å². The Kier molecular flexibility index (Phi) is 7.46. The molecule has 0 saturated carbocycles. The van der Waals surface area contributed by atoms with E-state index in [1.807, 2.05) is 36.4 Å². The van der Waals surface area contributed by atoms with Gasteiger partial charge in [0.15, 0.2) is 17.3 Å². The number of para-hydroxylation sites is 1. The lowest BCUT2D eigenvalue weighted by atomic mass is 9.87. The number of H-pyrrole nitrogens is 1. The van der Waals surface area contributed by atoms with Crippen LogP contribution in [0.4, 0.5) is 21.6 Å². The highest BCUT2D eigenvalue weighted by Crippen LogP contribution is 2.41. The minimum absolute atomic E-state index is 0.0607. The summed E-state index contributed by atoms with van der Waals surface area (Å²) in [5.74, 6) is 0.909. The van der Waals surface area contributed by atoms with E-state index in [-0.39, 0.29) is 23.4 Å². The lowest BCUT2D eigenvalue weighted by Crippen LogP contribution is -2.21. The van der Waals surface area contributed by atoms with Crippen molar-refractivity contribution in [2.45, 2.75) is 24.7 Å². The fourth-order valence-electron chi connectivity index (χ4n) is 4.64. The Morgan fingerprint density at radius 2 is 1.97 bits per heavy atom. The normalized spacial score (nSPS) is 14.6. The Hall–Kier alpha value is -4.11. The van der Waals surface area contributed by atoms with Gasteiger partial charge in [0.25, 0.3) is 0 Å². The van der Waals surface area contributed by atoms with Gasteiger partial charge >= 0.3 is 0 Å². The molecule has 0 aliphatic heterocycles. The second-order valence-electron chi connectivity index (χ2n) is 9.14. The first-order valence-electron chi connectivity index (χ1n) is 12.2. The smallest absolute Gasteiger partial charge is 0.222 e. The Bertz CT molecular complexity index is 1490. The fourth-order valence-corrected chi connectivity index (χ4v) is 5.66. The van der Waals surface area contributed by atoms with Gasteiger partial charge in [-0.2, -0.15) is 0 Å². The SMILES string of the molecule is COc1cc(SCC2CC(=O)c3c([nH]c(-c4ccnc(NC(C)=O)c4)c3Nc3ccccc3)C2)ccc1F. The van der Waals surface area contributed by atoms with Gasteiger partial charge < -0.3 is 20.4 Å². The molecule has 2 heterocycles. The summed E-state index contributed by atoms with van der Waals surface area (Å²) in [7, 11) is 1.44. The molecule has 0 bridgehead atoms. The molecule has 2 aromatic carbocycles. The van der Waals surface area contributed by atoms with Crippen molar-refractivity contribution in [2.24, 2.45) is 5.92 Å². The molecule has 0 spiro atoms. The quantitative estimate of drug-likeness (QED) is 0.226. The van der Waals surface area contributed by atoms with E-state index in [0.29, 0.717) is 35.7 Å². The molecule has 194 valence electrons. The molecule has 3 N–H and O–H groups in total. The second-order valence-corrected chi connectivity index (χ2v) is 10.2. The number of carbonyl (C=O) groups excluding carboxylic acids is 2. The molecule has 1 amide bonds. The second kappa shape index (κ2) is 11.1. The van der Waals surface area contributed by atoms with Crippen molar-refractivity contribution in [3.63, 3.8) is 0 Å². The van der Waals surface area contributed by atoms with Gasteiger partial charge in [-0.25, -0.2) is 9.37 Å². The number of Topliss-reactive ketones (excluding diaryl/α,β-unsaturated/α-hetero) is 1. The Morgan fingerprint density at radius 1 is 1.16 bits per heavy atom. The number of aromatic nitrogens is 2. The van der Waals surface area contributed by atoms with Gasteiger partial charge in [-0.1, -0.05) is 18.2 Å². The predicted molar refractivity (Wildman–Crippen MR) is 148 cm³/mol. The van der Waals surface area contributed by atoms with E-state index in [0.717, 1.165) is 27.5 Å². The van der Waals surface area contributed by atoms with Gasteiger partial charge in [-0.15, -0.1) is 11.8 Å². The number of aromatic amines is 1. The van der Waals surface area contributed by atoms with Crippen molar-refractivity contribution in [2.75, 3.05) is 23.5 Å². The first kappa shape index (κ1) is 25.5. The number of nitrogens with one attached hydrogen (secondary N) is 3. The fraction of sp³-hybridized carbons (Fsp3) is 0.207. The van der Waals surface area contributed by atoms with E-state index < -0.39 is 5.82 Å². The molecule has 1 aliphatic carbocycles. The molecule has 4 aromatic rings. The van der Waals surface area contributed by atoms with Gasteiger partial charge in [0, 0.05) is 47.1 Å². The van der Waals surface area contributed by atoms with Gasteiger partial charge in [-0.3, -0.25) is 9.59 Å². The number of hydrogen-bond acceptors (Lipinski definition) is 6. The van der Waals surface area contributed by atoms with Crippen molar-refractivity contribution in [3.8, 4) is 17.0 Å². The van der Waals surface area contributed by atoms with Crippen LogP contribution in [0.1, 0.15) is 29.4 Å². The number of carbonyl (C=O) groups is 2. The number of rotatable bonds is 8. The lowest BCUT2D eigenvalue weighted by molar-refractivity contribution is -0.114. The zero-order valence-corrected chi connectivity index (χ0v) is 21.8. The first-order valence-corrected chi connectivity index (χ1v) is 13.2. The highest BCUT2D eigenvalue weighted by Gasteiger charge is 2.32. The van der Waals surface area contributed by atoms with Gasteiger partial charge in [-0.05, 0) is 54.8 Å². The van der Waals surface area contributed by atoms with Crippen molar-refractivity contribution < 1.29 is 18.7 Å². The van der Waals surface area contributed by atoms with E-state index in [9.17, 15) is 14.0 Å². The third-order valence-corrected chi connectivity index (χ3v) is 7.55. The van der Waals surface area contributed by atoms with Crippen molar-refractivity contribution in [1.82, 2.24) is 9.97 Å². The van der Waals surface area contributed by atoms with Crippen LogP contribution in [0.5, 0.6) is 5.75 Å². The van der Waals surface area contributed by atoms with Gasteiger partial charge in [0.1, 0.15) is 5.82 Å². The van der Waals surface area contributed by atoms with E-state index in [2.05, 4.69) is 20.6 Å². The molecule has 7 nitrogen and oxygen atoms in total. The average Bonchev–Trinajstić information content (AvgIpc) is 3.27. The number of halogens is 1. The molecular weight excluding hydrogens is 503 g/mol. The van der Waals surface area contributed by atoms with Crippen LogP contribution in [0.15, 0.2) is 71.8 Å². The van der Waals surface area contributed by atoms with E-state index in [4.69, 9.17) is 4.74 Å². The number of methoxy groups -OCH3 is 1. The van der Waals surface area contributed by atoms with Crippen LogP contribution in [-0.2, 0) is 11.2 Å². The summed E-state index contributed by atoms with van der Waals surface area (Å²) in [6.45, 7) is 1.43. The molecule has 5 rings (SSSR count). The van der Waals surface area contributed by atoms with Crippen LogP contribution in [0.3, 0.4) is 0 Å². The summed E-state index contributed by atoms with van der Waals surface area (Å²) in [5.41, 5.74) is 4.67. The Balaban J connectivity index is 1.45. The molecule has 1 aliphatic rings. The van der Waals surface area contributed by atoms with Crippen LogP contribution in [0, 0.1) is 11.7 Å². The highest BCUT2D eigenvalue weighted by atomic mass is 32.2. The molecule has 0 radical (unpaired) electrons. The third-order valence-electron chi connectivity index (χ3n) is 6.33. The minimum Gasteiger partial charge on any atom is -0.494 e. The molecule has 1 unspecified atom stereocenters. The minimum atomic E-state index is -0.399. The number of anilines is 3. The van der Waals surface area contributed by atoms with Crippen molar-refractivity contribution in [3.05, 3.63) is 83.9 Å². The Morgan fingerprint density at radius 3 is 2.74 bits per heavy atom. The monoisotopic (exact) mass is 530 g/mol. The summed E-state index contributed by atoms with van der Waals surface area (Å²) in [6, 6.07) is 18.1. The number of hydrogen-bond donors (Lipinski definition) is 3. The number of ether oxygens (including phenoxy) is 1. The number of amides is 1. The largest absolute Gasteiger partial charge is 0.494 e. The molecular formula is C29H27FN4O3S. The van der Waals surface area contributed by atoms with Crippen LogP contribution in [-0.4, -0.2) is 34.5 Å². The molecule has 38 heavy (non-hydrogen) atoms. The molecule has 0 fully saturated rings. The van der Waals surface area contributed by atoms with Gasteiger partial charge in [0.2, 0.25) is 5.91 Å². The summed E-state index contributed by atoms with van der Waals surface area (Å²) in [4.78, 5) is 33.7. The Labute approximate surface area is 224 Å². The standard InChI is InChI=1S/C29H27FN4O3S/c1-17(35)32-26-14-19(10-11-31-26)28-29(33-20-6-4-3-5-7-20)27-23(34-28)12-18(13-24(27)36)16-38-21-8-9-22(30)25(15-21)37-2/h3-11,14-15,18,33-34H,12-13,16H2,1-2H3,(H,31,32,35). The van der Waals surface area contributed by atoms with Crippen LogP contribution in [0.25, 0.3) is 11.3 Å². The molecule has 0 saturated heterocycles. The molecule has 9 heteroatoms. The number of thioether (sulfide) groups is 1. The maximum Gasteiger partial charge on any atom is 0.222 e. The molecule has 2 aromatic heterocycles. The average molecular weight is 531 g/mol. The van der Waals surface area contributed by atoms with E-state index >= 15 is 0 Å². The van der Waals surface area contributed by atoms with Crippen LogP contribution in [0.2, 0.25) is 0 Å². The zero-order valence-electron chi connectivity index (χ0n) is 21.0. The maximum atomic E-state index is 13.8. The van der Waals surface area contributed by atoms with E-state index in [1.54, 1.807) is 36.2 Å². The lowest BCUT2D eigenvalue weighted by Gasteiger charge is -2.22. The number of nitrogens with zero attached hydrogens (tertiary/aromatic N) is 1. The summed E-state index contributed by atoms with van der Waals surface area (Å²) in [5, 5.41) is 6.17. The van der Waals surface area contributed by atoms with Crippen molar-refractivity contribution in [1.29, 1.82) is 0 Å². The maximum absolute atomic E-state index is 13.8. The number of benzene rings is 2. The zero-order chi connectivity index (χ0) is 26.6. The highest BCUT2D eigenvalue weighted by molar-refractivity contribution is 7.99. The first-order chi connectivity index (χ1) is 18.4. The van der Waals surface area contributed by atoms with Gasteiger partial charge in [0.05, 0.1) is 24.1 Å². The number of fused-ring (bicyclic) bond motifs is 1. The number of ketones is 1. The van der Waals surface area contributed by atoms with Crippen LogP contribution >= 0.6 is 11.8 Å². The van der Waals surface area contributed by atoms with E-state index in [1.165, 1.54) is 20.1 Å². The van der Waals surface area contributed by atoms with Crippen molar-refractivity contribution >= 4 is 40.6 Å². The summed E-state index contributed by atoms with van der Waals surface area (Å²) < 4.78 is 18.9. The summed E-state index contributed by atoms with van der Waals surface area (Å²) in [6.07, 6.45) is 2.73. The summed E-state index contributed by atoms with van der Waals surface area (Å²) >= 11 is 1.58. The molecule has 1 atom stereocenters. The predicted octanol–water partition coefficient (Wildman–Crippen LogP) is 6.46. The van der Waals surface area contributed by atoms with Crippen LogP contribution < -0.4 is 15.4 Å². The third kappa shape index (κ3) is 5.57. The number of pyridine rings is 1.